The Balaban J connectivity index is 3.24. The molecule has 9 heavy (non-hydrogen) atoms. The minimum atomic E-state index is -0.794. The highest BCUT2D eigenvalue weighted by Crippen LogP contribution is 1.82. The molecule has 0 bridgehead atoms. The highest BCUT2D eigenvalue weighted by molar-refractivity contribution is 7.03. The first-order valence-corrected chi connectivity index (χ1v) is 2.87. The van der Waals surface area contributed by atoms with E-state index in [1.807, 2.05) is 0 Å². The second-order valence-corrected chi connectivity index (χ2v) is 2.06. The Kier molecular flexibility index (Phi) is 1.31. The Morgan fingerprint density at radius 3 is 2.67 bits per heavy atom. The monoisotopic (exact) mass is 145 g/mol. The van der Waals surface area contributed by atoms with Crippen molar-refractivity contribution in [3.63, 3.8) is 0 Å². The number of aromatic nitrogens is 2. The van der Waals surface area contributed by atoms with Gasteiger partial charge in [-0.2, -0.15) is 5.10 Å². The molecule has 0 aliphatic heterocycles. The second-order valence-electron chi connectivity index (χ2n) is 1.31. The first-order valence-electron chi connectivity index (χ1n) is 2.05. The van der Waals surface area contributed by atoms with Gasteiger partial charge in [0.1, 0.15) is 0 Å². The SMILES string of the molecule is NC(=O)c1n[nH]sc1=O. The number of nitrogens with one attached hydrogen (secondary N) is 1. The molecule has 1 heterocycles. The van der Waals surface area contributed by atoms with Crippen LogP contribution >= 0.6 is 11.5 Å². The summed E-state index contributed by atoms with van der Waals surface area (Å²) in [6.45, 7) is 0. The number of primary amides is 1. The molecule has 3 N–H and O–H groups in total. The molecular formula is C3H3N3O2S. The van der Waals surface area contributed by atoms with E-state index < -0.39 is 10.6 Å². The number of hydrogen-bond acceptors (Lipinski definition) is 4. The molecule has 0 saturated heterocycles. The molecule has 0 fully saturated rings. The van der Waals surface area contributed by atoms with Crippen LogP contribution in [0.15, 0.2) is 4.79 Å². The van der Waals surface area contributed by atoms with Gasteiger partial charge in [-0.3, -0.25) is 9.59 Å². The lowest BCUT2D eigenvalue weighted by Crippen LogP contribution is -2.18. The summed E-state index contributed by atoms with van der Waals surface area (Å²) in [4.78, 5) is 20.7. The molecule has 0 aliphatic carbocycles. The molecule has 48 valence electrons. The number of aromatic amines is 1. The summed E-state index contributed by atoms with van der Waals surface area (Å²) in [6, 6.07) is 0. The lowest BCUT2D eigenvalue weighted by molar-refractivity contribution is 0.0994. The summed E-state index contributed by atoms with van der Waals surface area (Å²) in [5, 5.41) is 3.32. The second kappa shape index (κ2) is 1.98. The van der Waals surface area contributed by atoms with Crippen LogP contribution in [0.25, 0.3) is 0 Å². The van der Waals surface area contributed by atoms with E-state index in [-0.39, 0.29) is 5.69 Å². The number of hydrogen-bond donors (Lipinski definition) is 2. The molecule has 1 aromatic heterocycles. The van der Waals surface area contributed by atoms with Gasteiger partial charge in [0, 0.05) is 11.5 Å². The number of carbonyl (C=O) groups is 1. The third-order valence-corrected chi connectivity index (χ3v) is 1.28. The molecule has 0 aliphatic rings. The molecule has 0 aromatic carbocycles. The van der Waals surface area contributed by atoms with E-state index in [0.29, 0.717) is 0 Å². The van der Waals surface area contributed by atoms with Crippen molar-refractivity contribution in [1.82, 2.24) is 9.59 Å². The van der Waals surface area contributed by atoms with Crippen molar-refractivity contribution >= 4 is 17.4 Å². The van der Waals surface area contributed by atoms with Crippen molar-refractivity contribution < 1.29 is 4.79 Å². The van der Waals surface area contributed by atoms with E-state index in [1.165, 1.54) is 0 Å². The summed E-state index contributed by atoms with van der Waals surface area (Å²) in [5.74, 6) is -0.794. The Morgan fingerprint density at radius 2 is 2.44 bits per heavy atom. The minimum Gasteiger partial charge on any atom is -0.364 e. The van der Waals surface area contributed by atoms with Crippen LogP contribution in [0.5, 0.6) is 0 Å². The normalized spacial score (nSPS) is 9.33. The number of amides is 1. The lowest BCUT2D eigenvalue weighted by atomic mass is 10.5. The molecule has 5 nitrogen and oxygen atoms in total. The van der Waals surface area contributed by atoms with Crippen LogP contribution < -0.4 is 10.5 Å². The van der Waals surface area contributed by atoms with Crippen molar-refractivity contribution in [3.8, 4) is 0 Å². The molecule has 0 atom stereocenters. The lowest BCUT2D eigenvalue weighted by Gasteiger charge is -1.76. The molecule has 0 saturated carbocycles. The molecule has 6 heteroatoms. The fourth-order valence-electron chi connectivity index (χ4n) is 0.360. The predicted octanol–water partition coefficient (Wildman–Crippen LogP) is -1.07. The van der Waals surface area contributed by atoms with Crippen molar-refractivity contribution in [2.45, 2.75) is 0 Å². The summed E-state index contributed by atoms with van der Waals surface area (Å²) in [6.07, 6.45) is 0. The van der Waals surface area contributed by atoms with Gasteiger partial charge in [-0.25, -0.2) is 4.49 Å². The first kappa shape index (κ1) is 5.96. The zero-order valence-electron chi connectivity index (χ0n) is 4.25. The average molecular weight is 145 g/mol. The van der Waals surface area contributed by atoms with Crippen LogP contribution in [0.4, 0.5) is 0 Å². The van der Waals surface area contributed by atoms with E-state index in [1.54, 1.807) is 0 Å². The molecular weight excluding hydrogens is 142 g/mol. The van der Waals surface area contributed by atoms with Gasteiger partial charge in [0.2, 0.25) is 5.69 Å². The molecule has 0 radical (unpaired) electrons. The van der Waals surface area contributed by atoms with E-state index in [9.17, 15) is 9.59 Å². The Morgan fingerprint density at radius 1 is 1.78 bits per heavy atom. The van der Waals surface area contributed by atoms with Crippen LogP contribution in [0.2, 0.25) is 0 Å². The van der Waals surface area contributed by atoms with Crippen molar-refractivity contribution in [2.24, 2.45) is 5.73 Å². The number of H-pyrrole nitrogens is 1. The molecule has 0 spiro atoms. The topological polar surface area (TPSA) is 88.8 Å². The van der Waals surface area contributed by atoms with E-state index >= 15 is 0 Å². The molecule has 1 amide bonds. The average Bonchev–Trinajstić information content (AvgIpc) is 2.13. The van der Waals surface area contributed by atoms with Crippen LogP contribution in [0, 0.1) is 0 Å². The highest BCUT2D eigenvalue weighted by Gasteiger charge is 2.07. The van der Waals surface area contributed by atoms with Gasteiger partial charge < -0.3 is 5.73 Å². The van der Waals surface area contributed by atoms with Gasteiger partial charge in [0.05, 0.1) is 0 Å². The van der Waals surface area contributed by atoms with E-state index in [0.717, 1.165) is 11.5 Å². The smallest absolute Gasteiger partial charge is 0.282 e. The van der Waals surface area contributed by atoms with E-state index in [4.69, 9.17) is 5.73 Å². The molecule has 1 aromatic rings. The highest BCUT2D eigenvalue weighted by atomic mass is 32.1. The first-order chi connectivity index (χ1) is 4.22. The van der Waals surface area contributed by atoms with Crippen LogP contribution in [-0.2, 0) is 0 Å². The molecule has 0 unspecified atom stereocenters. The fourth-order valence-corrected chi connectivity index (χ4v) is 0.822. The third kappa shape index (κ3) is 0.968. The van der Waals surface area contributed by atoms with Gasteiger partial charge >= 0.3 is 0 Å². The largest absolute Gasteiger partial charge is 0.364 e. The van der Waals surface area contributed by atoms with Crippen LogP contribution in [-0.4, -0.2) is 15.5 Å². The quantitative estimate of drug-likeness (QED) is 0.527. The summed E-state index contributed by atoms with van der Waals surface area (Å²) in [5.41, 5.74) is 4.52. The third-order valence-electron chi connectivity index (χ3n) is 0.723. The minimum absolute atomic E-state index is 0.222. The van der Waals surface area contributed by atoms with Crippen LogP contribution in [0.3, 0.4) is 0 Å². The zero-order chi connectivity index (χ0) is 6.85. The number of rotatable bonds is 1. The predicted molar refractivity (Wildman–Crippen MR) is 31.3 cm³/mol. The van der Waals surface area contributed by atoms with Crippen molar-refractivity contribution in [3.05, 3.63) is 15.2 Å². The maximum Gasteiger partial charge on any atom is 0.282 e. The summed E-state index contributed by atoms with van der Waals surface area (Å²) in [7, 11) is 0. The Hall–Kier alpha value is -1.17. The number of nitrogens with two attached hydrogens (primary N) is 1. The van der Waals surface area contributed by atoms with Gasteiger partial charge in [-0.15, -0.1) is 0 Å². The van der Waals surface area contributed by atoms with Gasteiger partial charge in [-0.05, 0) is 0 Å². The van der Waals surface area contributed by atoms with Gasteiger partial charge in [-0.1, -0.05) is 0 Å². The van der Waals surface area contributed by atoms with Crippen molar-refractivity contribution in [2.75, 3.05) is 0 Å². The summed E-state index contributed by atoms with van der Waals surface area (Å²) < 4.78 is 1.83. The Bertz CT molecular complexity index is 275. The van der Waals surface area contributed by atoms with Crippen LogP contribution in [0.1, 0.15) is 10.5 Å². The van der Waals surface area contributed by atoms with Gasteiger partial charge in [0.15, 0.2) is 0 Å². The standard InChI is InChI=1S/C3H3N3O2S/c4-2(7)1-3(8)9-6-5-1/h6H,(H2,4,7). The zero-order valence-corrected chi connectivity index (χ0v) is 5.07. The maximum absolute atomic E-state index is 10.5. The van der Waals surface area contributed by atoms with E-state index in [2.05, 4.69) is 9.59 Å². The van der Waals surface area contributed by atoms with Gasteiger partial charge in [0.25, 0.3) is 10.6 Å². The summed E-state index contributed by atoms with van der Waals surface area (Å²) >= 11 is 0.740. The maximum atomic E-state index is 10.5. The number of carbonyl (C=O) groups excluding carboxylic acids is 1. The van der Waals surface area contributed by atoms with Crippen molar-refractivity contribution in [1.29, 1.82) is 0 Å². The Labute approximate surface area is 53.6 Å². The molecule has 1 rings (SSSR count). The fraction of sp³-hybridized carbons (Fsp3) is 0. The number of nitrogens with zero attached hydrogens (tertiary/aromatic N) is 1.